The number of benzene rings is 1. The number of anilines is 1. The van der Waals surface area contributed by atoms with Crippen LogP contribution in [0.3, 0.4) is 0 Å². The summed E-state index contributed by atoms with van der Waals surface area (Å²) in [6, 6.07) is 5.84. The molecule has 2 N–H and O–H groups in total. The molecule has 1 heterocycles. The maximum absolute atomic E-state index is 13.2. The van der Waals surface area contributed by atoms with Gasteiger partial charge in [-0.3, -0.25) is 5.32 Å². The summed E-state index contributed by atoms with van der Waals surface area (Å²) >= 11 is 1.29. The maximum atomic E-state index is 13.2. The molecule has 0 aliphatic carbocycles. The van der Waals surface area contributed by atoms with Gasteiger partial charge in [-0.15, -0.1) is 11.3 Å². The SMILES string of the molecule is CN(C)CCOCCNC(=O)Nc1nc(-c2cccc(F)c2)cs1. The van der Waals surface area contributed by atoms with Crippen molar-refractivity contribution in [2.24, 2.45) is 0 Å². The van der Waals surface area contributed by atoms with E-state index in [1.165, 1.54) is 23.5 Å². The Kier molecular flexibility index (Phi) is 7.10. The molecule has 0 fully saturated rings. The van der Waals surface area contributed by atoms with Crippen molar-refractivity contribution in [1.82, 2.24) is 15.2 Å². The lowest BCUT2D eigenvalue weighted by atomic mass is 10.2. The van der Waals surface area contributed by atoms with E-state index >= 15 is 0 Å². The number of halogens is 1. The second-order valence-corrected chi connectivity index (χ2v) is 6.20. The van der Waals surface area contributed by atoms with Crippen molar-refractivity contribution in [2.45, 2.75) is 0 Å². The monoisotopic (exact) mass is 352 g/mol. The van der Waals surface area contributed by atoms with Crippen LogP contribution in [0.5, 0.6) is 0 Å². The van der Waals surface area contributed by atoms with Crippen molar-refractivity contribution in [1.29, 1.82) is 0 Å². The lowest BCUT2D eigenvalue weighted by Crippen LogP contribution is -2.32. The topological polar surface area (TPSA) is 66.5 Å². The number of carbonyl (C=O) groups is 1. The van der Waals surface area contributed by atoms with E-state index in [4.69, 9.17) is 4.74 Å². The number of ether oxygens (including phenoxy) is 1. The maximum Gasteiger partial charge on any atom is 0.321 e. The molecule has 1 aromatic carbocycles. The predicted molar refractivity (Wildman–Crippen MR) is 93.9 cm³/mol. The molecule has 0 aliphatic rings. The first-order chi connectivity index (χ1) is 11.5. The molecule has 2 rings (SSSR count). The Labute approximate surface area is 144 Å². The van der Waals surface area contributed by atoms with Gasteiger partial charge in [-0.2, -0.15) is 0 Å². The van der Waals surface area contributed by atoms with Gasteiger partial charge in [0.05, 0.1) is 18.9 Å². The van der Waals surface area contributed by atoms with Crippen molar-refractivity contribution < 1.29 is 13.9 Å². The van der Waals surface area contributed by atoms with Gasteiger partial charge in [0.25, 0.3) is 0 Å². The van der Waals surface area contributed by atoms with Gasteiger partial charge in [0.2, 0.25) is 0 Å². The van der Waals surface area contributed by atoms with Crippen LogP contribution >= 0.6 is 11.3 Å². The zero-order chi connectivity index (χ0) is 17.4. The Morgan fingerprint density at radius 1 is 1.38 bits per heavy atom. The molecule has 0 aliphatic heterocycles. The van der Waals surface area contributed by atoms with Crippen molar-refractivity contribution in [3.63, 3.8) is 0 Å². The number of aromatic nitrogens is 1. The quantitative estimate of drug-likeness (QED) is 0.717. The van der Waals surface area contributed by atoms with Crippen molar-refractivity contribution >= 4 is 22.5 Å². The zero-order valence-corrected chi connectivity index (χ0v) is 14.5. The lowest BCUT2D eigenvalue weighted by molar-refractivity contribution is 0.120. The third-order valence-corrected chi connectivity index (χ3v) is 3.82. The second kappa shape index (κ2) is 9.31. The summed E-state index contributed by atoms with van der Waals surface area (Å²) in [7, 11) is 3.95. The average Bonchev–Trinajstić information content (AvgIpc) is 2.99. The number of likely N-dealkylation sites (N-methyl/N-ethyl adjacent to an activating group) is 1. The van der Waals surface area contributed by atoms with Crippen LogP contribution in [-0.2, 0) is 4.74 Å². The fourth-order valence-electron chi connectivity index (χ4n) is 1.84. The molecule has 0 atom stereocenters. The molecule has 0 spiro atoms. The van der Waals surface area contributed by atoms with Crippen molar-refractivity contribution in [3.8, 4) is 11.3 Å². The summed E-state index contributed by atoms with van der Waals surface area (Å²) in [6.45, 7) is 2.34. The summed E-state index contributed by atoms with van der Waals surface area (Å²) < 4.78 is 18.6. The Hall–Kier alpha value is -2.03. The van der Waals surface area contributed by atoms with Crippen LogP contribution in [0.2, 0.25) is 0 Å². The minimum Gasteiger partial charge on any atom is -0.378 e. The molecule has 2 amide bonds. The highest BCUT2D eigenvalue weighted by Crippen LogP contribution is 2.25. The molecular formula is C16H21FN4O2S. The number of rotatable bonds is 8. The molecule has 130 valence electrons. The van der Waals surface area contributed by atoms with Gasteiger partial charge in [0.1, 0.15) is 5.82 Å². The van der Waals surface area contributed by atoms with Gasteiger partial charge in [-0.05, 0) is 26.2 Å². The molecular weight excluding hydrogens is 331 g/mol. The fraction of sp³-hybridized carbons (Fsp3) is 0.375. The van der Waals surface area contributed by atoms with E-state index in [1.807, 2.05) is 19.0 Å². The highest BCUT2D eigenvalue weighted by atomic mass is 32.1. The number of thiazole rings is 1. The lowest BCUT2D eigenvalue weighted by Gasteiger charge is -2.10. The standard InChI is InChI=1S/C16H21FN4O2S/c1-21(2)7-9-23-8-6-18-15(22)20-16-19-14(11-24-16)12-4-3-5-13(17)10-12/h3-5,10-11H,6-9H2,1-2H3,(H2,18,19,20,22). The first-order valence-corrected chi connectivity index (χ1v) is 8.41. The molecule has 0 unspecified atom stereocenters. The van der Waals surface area contributed by atoms with Gasteiger partial charge in [-0.25, -0.2) is 14.2 Å². The van der Waals surface area contributed by atoms with Crippen LogP contribution in [-0.4, -0.2) is 56.3 Å². The van der Waals surface area contributed by atoms with Crippen LogP contribution in [0, 0.1) is 5.82 Å². The number of urea groups is 1. The Morgan fingerprint density at radius 2 is 2.21 bits per heavy atom. The molecule has 0 saturated carbocycles. The minimum absolute atomic E-state index is 0.318. The first-order valence-electron chi connectivity index (χ1n) is 7.53. The van der Waals surface area contributed by atoms with Crippen molar-refractivity contribution in [2.75, 3.05) is 45.7 Å². The number of carbonyl (C=O) groups excluding carboxylic acids is 1. The van der Waals surface area contributed by atoms with Crippen LogP contribution in [0.25, 0.3) is 11.3 Å². The molecule has 24 heavy (non-hydrogen) atoms. The van der Waals surface area contributed by atoms with E-state index in [-0.39, 0.29) is 11.8 Å². The molecule has 0 bridgehead atoms. The van der Waals surface area contributed by atoms with Crippen LogP contribution in [0.15, 0.2) is 29.6 Å². The smallest absolute Gasteiger partial charge is 0.321 e. The minimum atomic E-state index is -0.341. The highest BCUT2D eigenvalue weighted by Gasteiger charge is 2.08. The number of amides is 2. The summed E-state index contributed by atoms with van der Waals surface area (Å²) in [5, 5.41) is 7.58. The third-order valence-electron chi connectivity index (χ3n) is 3.06. The Morgan fingerprint density at radius 3 is 2.96 bits per heavy atom. The van der Waals surface area contributed by atoms with E-state index in [0.29, 0.717) is 36.1 Å². The van der Waals surface area contributed by atoms with E-state index in [0.717, 1.165) is 6.54 Å². The largest absolute Gasteiger partial charge is 0.378 e. The Bertz CT molecular complexity index is 663. The normalized spacial score (nSPS) is 10.8. The molecule has 0 radical (unpaired) electrons. The van der Waals surface area contributed by atoms with Crippen LogP contribution in [0.4, 0.5) is 14.3 Å². The third kappa shape index (κ3) is 6.23. The highest BCUT2D eigenvalue weighted by molar-refractivity contribution is 7.14. The molecule has 1 aromatic heterocycles. The summed E-state index contributed by atoms with van der Waals surface area (Å²) in [4.78, 5) is 18.1. The molecule has 6 nitrogen and oxygen atoms in total. The first kappa shape index (κ1) is 18.3. The van der Waals surface area contributed by atoms with Crippen molar-refractivity contribution in [3.05, 3.63) is 35.5 Å². The molecule has 0 saturated heterocycles. The number of hydrogen-bond acceptors (Lipinski definition) is 5. The predicted octanol–water partition coefficient (Wildman–Crippen LogP) is 2.65. The summed E-state index contributed by atoms with van der Waals surface area (Å²) in [6.07, 6.45) is 0. The number of hydrogen-bond donors (Lipinski definition) is 2. The summed E-state index contributed by atoms with van der Waals surface area (Å²) in [5.41, 5.74) is 1.30. The average molecular weight is 352 g/mol. The van der Waals surface area contributed by atoms with Gasteiger partial charge >= 0.3 is 6.03 Å². The summed E-state index contributed by atoms with van der Waals surface area (Å²) in [5.74, 6) is -0.318. The van der Waals surface area contributed by atoms with Gasteiger partial charge < -0.3 is 15.0 Å². The van der Waals surface area contributed by atoms with Crippen LogP contribution < -0.4 is 10.6 Å². The van der Waals surface area contributed by atoms with Gasteiger partial charge in [-0.1, -0.05) is 12.1 Å². The van der Waals surface area contributed by atoms with E-state index in [2.05, 4.69) is 15.6 Å². The van der Waals surface area contributed by atoms with E-state index in [1.54, 1.807) is 17.5 Å². The number of nitrogens with zero attached hydrogens (tertiary/aromatic N) is 2. The van der Waals surface area contributed by atoms with Gasteiger partial charge in [0.15, 0.2) is 5.13 Å². The van der Waals surface area contributed by atoms with E-state index in [9.17, 15) is 9.18 Å². The second-order valence-electron chi connectivity index (χ2n) is 5.34. The fourth-order valence-corrected chi connectivity index (χ4v) is 2.55. The molecule has 2 aromatic rings. The molecule has 8 heteroatoms. The van der Waals surface area contributed by atoms with Crippen LogP contribution in [0.1, 0.15) is 0 Å². The zero-order valence-electron chi connectivity index (χ0n) is 13.7. The Balaban J connectivity index is 1.73. The van der Waals surface area contributed by atoms with Gasteiger partial charge in [0, 0.05) is 24.0 Å². The number of nitrogens with one attached hydrogen (secondary N) is 2. The van der Waals surface area contributed by atoms with E-state index < -0.39 is 0 Å².